The molecule has 0 aromatic heterocycles. The van der Waals surface area contributed by atoms with E-state index in [1.54, 1.807) is 12.1 Å². The largest absolute Gasteiger partial charge is 0.335 e. The molecule has 3 nitrogen and oxygen atoms in total. The highest BCUT2D eigenvalue weighted by atomic mass is 35.5. The number of carbonyl (C=O) groups excluding carboxylic acids is 1. The third-order valence-corrected chi connectivity index (χ3v) is 4.56. The molecule has 0 bridgehead atoms. The molecule has 0 radical (unpaired) electrons. The molecule has 2 N–H and O–H groups in total. The summed E-state index contributed by atoms with van der Waals surface area (Å²) in [5.74, 6) is 1.34. The van der Waals surface area contributed by atoms with Crippen LogP contribution in [0.5, 0.6) is 0 Å². The molecule has 2 rings (SSSR count). The Morgan fingerprint density at radius 1 is 1.19 bits per heavy atom. The zero-order valence-corrected chi connectivity index (χ0v) is 14.0. The lowest BCUT2D eigenvalue weighted by Gasteiger charge is -2.31. The predicted molar refractivity (Wildman–Crippen MR) is 87.8 cm³/mol. The molecule has 0 saturated heterocycles. The van der Waals surface area contributed by atoms with Gasteiger partial charge in [-0.1, -0.05) is 43.1 Å². The van der Waals surface area contributed by atoms with Crippen LogP contribution in [0.15, 0.2) is 18.2 Å². The summed E-state index contributed by atoms with van der Waals surface area (Å²) in [6.45, 7) is 4.89. The summed E-state index contributed by atoms with van der Waals surface area (Å²) in [6, 6.07) is 5.42. The highest BCUT2D eigenvalue weighted by molar-refractivity contribution is 6.35. The molecule has 2 amide bonds. The van der Waals surface area contributed by atoms with Crippen molar-refractivity contribution >= 4 is 29.2 Å². The molecule has 1 aliphatic carbocycles. The maximum Gasteiger partial charge on any atom is 0.315 e. The third-order valence-electron chi connectivity index (χ3n) is 3.97. The number of carbonyl (C=O) groups is 1. The lowest BCUT2D eigenvalue weighted by atomic mass is 9.80. The Balaban J connectivity index is 1.82. The predicted octanol–water partition coefficient (Wildman–Crippen LogP) is 4.62. The first-order chi connectivity index (χ1) is 9.94. The maximum atomic E-state index is 12.0. The van der Waals surface area contributed by atoms with Crippen LogP contribution in [0.3, 0.4) is 0 Å². The second-order valence-electron chi connectivity index (χ2n) is 6.18. The van der Waals surface area contributed by atoms with Crippen LogP contribution in [-0.2, 0) is 6.54 Å². The minimum absolute atomic E-state index is 0.132. The van der Waals surface area contributed by atoms with Gasteiger partial charge in [0.2, 0.25) is 0 Å². The summed E-state index contributed by atoms with van der Waals surface area (Å²) in [7, 11) is 0. The average molecular weight is 329 g/mol. The van der Waals surface area contributed by atoms with Gasteiger partial charge in [0.25, 0.3) is 0 Å². The average Bonchev–Trinajstić information content (AvgIpc) is 2.36. The third kappa shape index (κ3) is 5.08. The number of urea groups is 1. The Kier molecular flexibility index (Phi) is 5.77. The summed E-state index contributed by atoms with van der Waals surface area (Å²) < 4.78 is 0. The highest BCUT2D eigenvalue weighted by Crippen LogP contribution is 2.28. The van der Waals surface area contributed by atoms with E-state index >= 15 is 0 Å². The van der Waals surface area contributed by atoms with Crippen molar-refractivity contribution in [2.75, 3.05) is 0 Å². The first kappa shape index (κ1) is 16.4. The summed E-state index contributed by atoms with van der Waals surface area (Å²) in [5, 5.41) is 7.09. The minimum atomic E-state index is -0.132. The van der Waals surface area contributed by atoms with Crippen LogP contribution in [-0.4, -0.2) is 12.1 Å². The molecule has 5 heteroatoms. The van der Waals surface area contributed by atoms with E-state index in [1.165, 1.54) is 6.42 Å². The lowest BCUT2D eigenvalue weighted by Crippen LogP contribution is -2.44. The lowest BCUT2D eigenvalue weighted by molar-refractivity contribution is 0.213. The van der Waals surface area contributed by atoms with E-state index in [2.05, 4.69) is 24.5 Å². The van der Waals surface area contributed by atoms with Crippen LogP contribution < -0.4 is 10.6 Å². The number of hydrogen-bond acceptors (Lipinski definition) is 1. The van der Waals surface area contributed by atoms with Crippen LogP contribution in [0.2, 0.25) is 10.0 Å². The van der Waals surface area contributed by atoms with Crippen LogP contribution >= 0.6 is 23.2 Å². The molecule has 2 unspecified atom stereocenters. The molecule has 1 aromatic carbocycles. The van der Waals surface area contributed by atoms with E-state index < -0.39 is 0 Å². The smallest absolute Gasteiger partial charge is 0.315 e. The first-order valence-corrected chi connectivity index (χ1v) is 8.18. The summed E-state index contributed by atoms with van der Waals surface area (Å²) >= 11 is 11.9. The molecule has 2 atom stereocenters. The number of amides is 2. The molecule has 0 heterocycles. The van der Waals surface area contributed by atoms with Crippen molar-refractivity contribution in [1.82, 2.24) is 10.6 Å². The SMILES string of the molecule is CC1CC(C)CC(NC(=O)NCc2ccc(Cl)cc2Cl)C1. The zero-order valence-electron chi connectivity index (χ0n) is 12.5. The zero-order chi connectivity index (χ0) is 15.4. The minimum Gasteiger partial charge on any atom is -0.335 e. The van der Waals surface area contributed by atoms with Gasteiger partial charge in [-0.15, -0.1) is 0 Å². The van der Waals surface area contributed by atoms with Gasteiger partial charge >= 0.3 is 6.03 Å². The van der Waals surface area contributed by atoms with E-state index in [-0.39, 0.29) is 12.1 Å². The number of halogens is 2. The van der Waals surface area contributed by atoms with Crippen molar-refractivity contribution in [3.8, 4) is 0 Å². The molecule has 21 heavy (non-hydrogen) atoms. The van der Waals surface area contributed by atoms with Gasteiger partial charge in [0.15, 0.2) is 0 Å². The van der Waals surface area contributed by atoms with Crippen molar-refractivity contribution in [2.45, 2.75) is 45.7 Å². The van der Waals surface area contributed by atoms with Gasteiger partial charge in [-0.05, 0) is 48.8 Å². The fourth-order valence-corrected chi connectivity index (χ4v) is 3.62. The summed E-state index contributed by atoms with van der Waals surface area (Å²) in [4.78, 5) is 12.0. The van der Waals surface area contributed by atoms with Gasteiger partial charge in [-0.3, -0.25) is 0 Å². The molecule has 1 fully saturated rings. The Morgan fingerprint density at radius 3 is 2.48 bits per heavy atom. The molecular weight excluding hydrogens is 307 g/mol. The monoisotopic (exact) mass is 328 g/mol. The Morgan fingerprint density at radius 2 is 1.86 bits per heavy atom. The number of rotatable bonds is 3. The number of nitrogens with one attached hydrogen (secondary N) is 2. The van der Waals surface area contributed by atoms with Crippen LogP contribution in [0.4, 0.5) is 4.79 Å². The fraction of sp³-hybridized carbons (Fsp3) is 0.562. The number of benzene rings is 1. The molecule has 0 spiro atoms. The van der Waals surface area contributed by atoms with Gasteiger partial charge in [0.1, 0.15) is 0 Å². The number of hydrogen-bond donors (Lipinski definition) is 2. The maximum absolute atomic E-state index is 12.0. The first-order valence-electron chi connectivity index (χ1n) is 7.42. The van der Waals surface area contributed by atoms with Gasteiger partial charge in [0, 0.05) is 22.6 Å². The van der Waals surface area contributed by atoms with E-state index in [4.69, 9.17) is 23.2 Å². The summed E-state index contributed by atoms with van der Waals surface area (Å²) in [5.41, 5.74) is 0.863. The van der Waals surface area contributed by atoms with Crippen LogP contribution in [0, 0.1) is 11.8 Å². The topological polar surface area (TPSA) is 41.1 Å². The van der Waals surface area contributed by atoms with E-state index in [0.717, 1.165) is 18.4 Å². The van der Waals surface area contributed by atoms with Crippen molar-refractivity contribution in [1.29, 1.82) is 0 Å². The van der Waals surface area contributed by atoms with Gasteiger partial charge in [0.05, 0.1) is 0 Å². The van der Waals surface area contributed by atoms with E-state index in [0.29, 0.717) is 28.4 Å². The van der Waals surface area contributed by atoms with Crippen molar-refractivity contribution in [3.05, 3.63) is 33.8 Å². The Hall–Kier alpha value is -0.930. The standard InChI is InChI=1S/C16H22Cl2N2O/c1-10-5-11(2)7-14(6-10)20-16(21)19-9-12-3-4-13(17)8-15(12)18/h3-4,8,10-11,14H,5-7,9H2,1-2H3,(H2,19,20,21). The Bertz CT molecular complexity index is 497. The summed E-state index contributed by atoms with van der Waals surface area (Å²) in [6.07, 6.45) is 3.36. The molecule has 1 saturated carbocycles. The highest BCUT2D eigenvalue weighted by Gasteiger charge is 2.24. The van der Waals surface area contributed by atoms with Crippen molar-refractivity contribution < 1.29 is 4.79 Å². The van der Waals surface area contributed by atoms with E-state index in [9.17, 15) is 4.79 Å². The molecule has 116 valence electrons. The van der Waals surface area contributed by atoms with Gasteiger partial charge in [-0.2, -0.15) is 0 Å². The van der Waals surface area contributed by atoms with Crippen molar-refractivity contribution in [2.24, 2.45) is 11.8 Å². The van der Waals surface area contributed by atoms with E-state index in [1.807, 2.05) is 6.07 Å². The van der Waals surface area contributed by atoms with Gasteiger partial charge in [-0.25, -0.2) is 4.79 Å². The second-order valence-corrected chi connectivity index (χ2v) is 7.02. The quantitative estimate of drug-likeness (QED) is 0.835. The molecule has 1 aromatic rings. The second kappa shape index (κ2) is 7.37. The fourth-order valence-electron chi connectivity index (χ4n) is 3.14. The molecule has 1 aliphatic rings. The van der Waals surface area contributed by atoms with Crippen molar-refractivity contribution in [3.63, 3.8) is 0 Å². The molecule has 0 aliphatic heterocycles. The van der Waals surface area contributed by atoms with Gasteiger partial charge < -0.3 is 10.6 Å². The van der Waals surface area contributed by atoms with Crippen LogP contribution in [0.1, 0.15) is 38.7 Å². The molecular formula is C16H22Cl2N2O. The normalized spacial score (nSPS) is 25.4. The van der Waals surface area contributed by atoms with Crippen LogP contribution in [0.25, 0.3) is 0 Å². The Labute approximate surface area is 136 Å².